The first-order valence-corrected chi connectivity index (χ1v) is 5.28. The Bertz CT molecular complexity index is 311. The van der Waals surface area contributed by atoms with Gasteiger partial charge in [-0.05, 0) is 6.42 Å². The van der Waals surface area contributed by atoms with E-state index in [9.17, 15) is 9.59 Å². The molecular formula is C12H17NO3. The molecule has 0 N–H and O–H groups in total. The predicted molar refractivity (Wildman–Crippen MR) is 60.7 cm³/mol. The Balaban J connectivity index is 2.78. The van der Waals surface area contributed by atoms with Crippen molar-refractivity contribution < 1.29 is 14.3 Å². The van der Waals surface area contributed by atoms with Gasteiger partial charge in [-0.1, -0.05) is 12.2 Å². The fourth-order valence-electron chi connectivity index (χ4n) is 1.97. The zero-order valence-electron chi connectivity index (χ0n) is 9.52. The van der Waals surface area contributed by atoms with E-state index in [0.717, 1.165) is 0 Å². The first-order chi connectivity index (χ1) is 7.60. The van der Waals surface area contributed by atoms with Gasteiger partial charge in [-0.25, -0.2) is 0 Å². The number of carbonyl (C=O) groups is 2. The van der Waals surface area contributed by atoms with Crippen LogP contribution in [-0.2, 0) is 14.3 Å². The van der Waals surface area contributed by atoms with E-state index in [1.54, 1.807) is 17.1 Å². The summed E-state index contributed by atoms with van der Waals surface area (Å²) in [5.41, 5.74) is 0. The van der Waals surface area contributed by atoms with Gasteiger partial charge < -0.3 is 9.64 Å². The number of amides is 1. The number of hydrogen-bond acceptors (Lipinski definition) is 3. The van der Waals surface area contributed by atoms with Crippen LogP contribution in [0.3, 0.4) is 0 Å². The molecule has 4 heteroatoms. The standard InChI is InChI=1S/C12H17NO3/c1-4-6-10-11(16-9(3)14)8-12(15)13(10)7-5-2/h4-5,10-11H,1-2,6-8H2,3H3/t10-,11+/m0/s1. The molecule has 1 heterocycles. The number of nitrogens with zero attached hydrogens (tertiary/aromatic N) is 1. The summed E-state index contributed by atoms with van der Waals surface area (Å²) >= 11 is 0. The molecule has 88 valence electrons. The van der Waals surface area contributed by atoms with Crippen molar-refractivity contribution in [2.75, 3.05) is 6.54 Å². The molecule has 1 amide bonds. The molecule has 1 rings (SSSR count). The zero-order chi connectivity index (χ0) is 12.1. The summed E-state index contributed by atoms with van der Waals surface area (Å²) < 4.78 is 5.14. The van der Waals surface area contributed by atoms with Crippen LogP contribution in [-0.4, -0.2) is 35.5 Å². The molecule has 0 radical (unpaired) electrons. The van der Waals surface area contributed by atoms with E-state index in [-0.39, 0.29) is 30.4 Å². The summed E-state index contributed by atoms with van der Waals surface area (Å²) in [7, 11) is 0. The lowest BCUT2D eigenvalue weighted by molar-refractivity contribution is -0.147. The molecule has 0 unspecified atom stereocenters. The minimum absolute atomic E-state index is 0.00185. The summed E-state index contributed by atoms with van der Waals surface area (Å²) in [6, 6.07) is -0.105. The molecule has 2 atom stereocenters. The number of hydrogen-bond donors (Lipinski definition) is 0. The number of esters is 1. The average Bonchev–Trinajstić information content (AvgIpc) is 2.46. The molecule has 0 aromatic rings. The van der Waals surface area contributed by atoms with E-state index in [4.69, 9.17) is 4.74 Å². The number of likely N-dealkylation sites (tertiary alicyclic amines) is 1. The van der Waals surface area contributed by atoms with Gasteiger partial charge in [-0.3, -0.25) is 9.59 Å². The van der Waals surface area contributed by atoms with Crippen LogP contribution < -0.4 is 0 Å². The first-order valence-electron chi connectivity index (χ1n) is 5.28. The zero-order valence-corrected chi connectivity index (χ0v) is 9.52. The molecule has 0 bridgehead atoms. The number of ether oxygens (including phenoxy) is 1. The van der Waals surface area contributed by atoms with Crippen molar-refractivity contribution in [3.05, 3.63) is 25.3 Å². The van der Waals surface area contributed by atoms with Crippen molar-refractivity contribution in [3.63, 3.8) is 0 Å². The largest absolute Gasteiger partial charge is 0.460 e. The third-order valence-corrected chi connectivity index (χ3v) is 2.58. The molecular weight excluding hydrogens is 206 g/mol. The average molecular weight is 223 g/mol. The van der Waals surface area contributed by atoms with Crippen LogP contribution in [0.25, 0.3) is 0 Å². The molecule has 0 aromatic heterocycles. The van der Waals surface area contributed by atoms with Gasteiger partial charge in [0.2, 0.25) is 5.91 Å². The second-order valence-corrected chi connectivity index (χ2v) is 3.78. The maximum atomic E-state index is 11.7. The third kappa shape index (κ3) is 2.72. The van der Waals surface area contributed by atoms with Gasteiger partial charge in [0.25, 0.3) is 0 Å². The van der Waals surface area contributed by atoms with Crippen molar-refractivity contribution in [3.8, 4) is 0 Å². The molecule has 0 aromatic carbocycles. The highest BCUT2D eigenvalue weighted by Gasteiger charge is 2.40. The highest BCUT2D eigenvalue weighted by molar-refractivity contribution is 5.80. The van der Waals surface area contributed by atoms with E-state index in [0.29, 0.717) is 13.0 Å². The summed E-state index contributed by atoms with van der Waals surface area (Å²) in [6.45, 7) is 9.10. The van der Waals surface area contributed by atoms with Crippen LogP contribution in [0.2, 0.25) is 0 Å². The van der Waals surface area contributed by atoms with Gasteiger partial charge in [0, 0.05) is 13.5 Å². The lowest BCUT2D eigenvalue weighted by Gasteiger charge is -2.25. The van der Waals surface area contributed by atoms with Gasteiger partial charge in [-0.2, -0.15) is 0 Å². The summed E-state index contributed by atoms with van der Waals surface area (Å²) in [4.78, 5) is 24.3. The third-order valence-electron chi connectivity index (χ3n) is 2.58. The molecule has 4 nitrogen and oxygen atoms in total. The summed E-state index contributed by atoms with van der Waals surface area (Å²) in [5, 5.41) is 0. The molecule has 1 aliphatic heterocycles. The van der Waals surface area contributed by atoms with Gasteiger partial charge in [0.1, 0.15) is 6.10 Å². The van der Waals surface area contributed by atoms with Crippen molar-refractivity contribution >= 4 is 11.9 Å². The van der Waals surface area contributed by atoms with E-state index >= 15 is 0 Å². The van der Waals surface area contributed by atoms with E-state index in [2.05, 4.69) is 13.2 Å². The highest BCUT2D eigenvalue weighted by atomic mass is 16.5. The minimum Gasteiger partial charge on any atom is -0.460 e. The van der Waals surface area contributed by atoms with E-state index in [1.165, 1.54) is 6.92 Å². The van der Waals surface area contributed by atoms with Crippen LogP contribution >= 0.6 is 0 Å². The van der Waals surface area contributed by atoms with Crippen LogP contribution in [0.5, 0.6) is 0 Å². The Labute approximate surface area is 95.6 Å². The molecule has 16 heavy (non-hydrogen) atoms. The van der Waals surface area contributed by atoms with Gasteiger partial charge in [-0.15, -0.1) is 13.2 Å². The topological polar surface area (TPSA) is 46.6 Å². The molecule has 1 saturated heterocycles. The Hall–Kier alpha value is -1.58. The summed E-state index contributed by atoms with van der Waals surface area (Å²) in [6.07, 6.45) is 3.92. The van der Waals surface area contributed by atoms with Crippen molar-refractivity contribution in [2.24, 2.45) is 0 Å². The van der Waals surface area contributed by atoms with Crippen molar-refractivity contribution in [1.82, 2.24) is 4.90 Å². The quantitative estimate of drug-likeness (QED) is 0.521. The number of rotatable bonds is 5. The molecule has 0 aliphatic carbocycles. The maximum absolute atomic E-state index is 11.7. The maximum Gasteiger partial charge on any atom is 0.302 e. The van der Waals surface area contributed by atoms with Gasteiger partial charge in [0.15, 0.2) is 0 Å². The molecule has 0 saturated carbocycles. The van der Waals surface area contributed by atoms with Gasteiger partial charge in [0.05, 0.1) is 12.5 Å². The molecule has 0 spiro atoms. The monoisotopic (exact) mass is 223 g/mol. The highest BCUT2D eigenvalue weighted by Crippen LogP contribution is 2.25. The van der Waals surface area contributed by atoms with Crippen molar-refractivity contribution in [2.45, 2.75) is 31.9 Å². The van der Waals surface area contributed by atoms with Crippen LogP contribution in [0, 0.1) is 0 Å². The SMILES string of the molecule is C=CC[C@H]1[C@H](OC(C)=O)CC(=O)N1CC=C. The van der Waals surface area contributed by atoms with Crippen LogP contribution in [0.4, 0.5) is 0 Å². The minimum atomic E-state index is -0.358. The second-order valence-electron chi connectivity index (χ2n) is 3.78. The molecule has 1 fully saturated rings. The normalized spacial score (nSPS) is 24.3. The molecule has 1 aliphatic rings. The Morgan fingerprint density at radius 3 is 2.75 bits per heavy atom. The van der Waals surface area contributed by atoms with E-state index < -0.39 is 0 Å². The van der Waals surface area contributed by atoms with E-state index in [1.807, 2.05) is 0 Å². The lowest BCUT2D eigenvalue weighted by atomic mass is 10.1. The van der Waals surface area contributed by atoms with Crippen LogP contribution in [0.1, 0.15) is 19.8 Å². The predicted octanol–water partition coefficient (Wildman–Crippen LogP) is 1.28. The number of carbonyl (C=O) groups excluding carboxylic acids is 2. The Morgan fingerprint density at radius 1 is 1.56 bits per heavy atom. The first kappa shape index (κ1) is 12.5. The smallest absolute Gasteiger partial charge is 0.302 e. The van der Waals surface area contributed by atoms with Crippen molar-refractivity contribution in [1.29, 1.82) is 0 Å². The Kier molecular flexibility index (Phi) is 4.28. The fourth-order valence-corrected chi connectivity index (χ4v) is 1.97. The second kappa shape index (κ2) is 5.49. The Morgan fingerprint density at radius 2 is 2.25 bits per heavy atom. The van der Waals surface area contributed by atoms with Crippen LogP contribution in [0.15, 0.2) is 25.3 Å². The fraction of sp³-hybridized carbons (Fsp3) is 0.500. The van der Waals surface area contributed by atoms with Gasteiger partial charge >= 0.3 is 5.97 Å². The summed E-state index contributed by atoms with van der Waals surface area (Å²) in [5.74, 6) is -0.356. The lowest BCUT2D eigenvalue weighted by Crippen LogP contribution is -2.38.